The van der Waals surface area contributed by atoms with E-state index in [9.17, 15) is 14.4 Å². The zero-order valence-corrected chi connectivity index (χ0v) is 16.2. The number of hydrazine groups is 1. The fourth-order valence-corrected chi connectivity index (χ4v) is 2.57. The highest BCUT2D eigenvalue weighted by molar-refractivity contribution is 5.89. The molecular formula is C19H26N2O6. The molecular weight excluding hydrogens is 352 g/mol. The summed E-state index contributed by atoms with van der Waals surface area (Å²) >= 11 is 0. The summed E-state index contributed by atoms with van der Waals surface area (Å²) in [5.41, 5.74) is -0.214. The third-order valence-electron chi connectivity index (χ3n) is 3.79. The van der Waals surface area contributed by atoms with Crippen LogP contribution in [0.15, 0.2) is 24.3 Å². The number of carbonyl (C=O) groups is 3. The summed E-state index contributed by atoms with van der Waals surface area (Å²) in [6.45, 7) is 6.18. The van der Waals surface area contributed by atoms with Gasteiger partial charge in [0.05, 0.1) is 19.2 Å². The van der Waals surface area contributed by atoms with Crippen molar-refractivity contribution in [3.8, 4) is 5.75 Å². The van der Waals surface area contributed by atoms with Crippen LogP contribution in [0.1, 0.15) is 44.0 Å². The lowest BCUT2D eigenvalue weighted by Gasteiger charge is -2.38. The van der Waals surface area contributed by atoms with Crippen molar-refractivity contribution in [3.63, 3.8) is 0 Å². The smallest absolute Gasteiger partial charge is 0.429 e. The van der Waals surface area contributed by atoms with E-state index < -0.39 is 17.7 Å². The topological polar surface area (TPSA) is 85.4 Å². The molecule has 0 spiro atoms. The summed E-state index contributed by atoms with van der Waals surface area (Å²) in [6.07, 6.45) is 0.440. The molecule has 1 aliphatic heterocycles. The minimum absolute atomic E-state index is 0.142. The minimum Gasteiger partial charge on any atom is -0.492 e. The molecule has 2 amide bonds. The summed E-state index contributed by atoms with van der Waals surface area (Å²) in [5, 5.41) is 2.71. The van der Waals surface area contributed by atoms with Crippen LogP contribution < -0.4 is 4.74 Å². The molecule has 1 saturated heterocycles. The second kappa shape index (κ2) is 8.75. The molecule has 1 heterocycles. The highest BCUT2D eigenvalue weighted by Gasteiger charge is 2.32. The van der Waals surface area contributed by atoms with E-state index in [-0.39, 0.29) is 19.1 Å². The maximum absolute atomic E-state index is 12.4. The van der Waals surface area contributed by atoms with Gasteiger partial charge >= 0.3 is 12.1 Å². The number of esters is 1. The minimum atomic E-state index is -0.638. The van der Waals surface area contributed by atoms with Crippen molar-refractivity contribution in [1.82, 2.24) is 10.0 Å². The molecule has 0 atom stereocenters. The van der Waals surface area contributed by atoms with Crippen molar-refractivity contribution in [2.45, 2.75) is 39.2 Å². The van der Waals surface area contributed by atoms with Crippen molar-refractivity contribution in [3.05, 3.63) is 29.8 Å². The highest BCUT2D eigenvalue weighted by atomic mass is 16.6. The molecule has 8 heteroatoms. The zero-order chi connectivity index (χ0) is 20.0. The number of ether oxygens (including phenoxy) is 3. The Labute approximate surface area is 158 Å². The van der Waals surface area contributed by atoms with Crippen molar-refractivity contribution in [1.29, 1.82) is 0 Å². The van der Waals surface area contributed by atoms with E-state index in [2.05, 4.69) is 4.74 Å². The van der Waals surface area contributed by atoms with Gasteiger partial charge in [-0.1, -0.05) is 0 Å². The fraction of sp³-hybridized carbons (Fsp3) is 0.526. The van der Waals surface area contributed by atoms with Crippen LogP contribution in [0.3, 0.4) is 0 Å². The van der Waals surface area contributed by atoms with Gasteiger partial charge in [0, 0.05) is 13.0 Å². The predicted molar refractivity (Wildman–Crippen MR) is 97.2 cm³/mol. The van der Waals surface area contributed by atoms with E-state index in [0.717, 1.165) is 0 Å². The molecule has 148 valence electrons. The average molecular weight is 378 g/mol. The molecule has 0 bridgehead atoms. The van der Waals surface area contributed by atoms with Gasteiger partial charge in [0.2, 0.25) is 5.91 Å². The first-order valence-electron chi connectivity index (χ1n) is 8.83. The van der Waals surface area contributed by atoms with E-state index in [1.54, 1.807) is 45.0 Å². The van der Waals surface area contributed by atoms with Crippen LogP contribution in [0.4, 0.5) is 4.79 Å². The van der Waals surface area contributed by atoms with Gasteiger partial charge in [-0.15, -0.1) is 0 Å². The number of carbonyl (C=O) groups excluding carboxylic acids is 3. The third kappa shape index (κ3) is 5.87. The molecule has 2 rings (SSSR count). The molecule has 1 aromatic carbocycles. The van der Waals surface area contributed by atoms with Crippen LogP contribution in [-0.2, 0) is 14.3 Å². The van der Waals surface area contributed by atoms with Crippen molar-refractivity contribution < 1.29 is 28.6 Å². The Morgan fingerprint density at radius 2 is 1.81 bits per heavy atom. The Kier molecular flexibility index (Phi) is 6.65. The first-order valence-corrected chi connectivity index (χ1v) is 8.83. The van der Waals surface area contributed by atoms with Crippen molar-refractivity contribution in [2.24, 2.45) is 0 Å². The Balaban J connectivity index is 1.94. The van der Waals surface area contributed by atoms with Gasteiger partial charge in [-0.05, 0) is 51.5 Å². The largest absolute Gasteiger partial charge is 0.492 e. The molecule has 0 radical (unpaired) electrons. The average Bonchev–Trinajstić information content (AvgIpc) is 2.61. The van der Waals surface area contributed by atoms with Crippen LogP contribution in [0.25, 0.3) is 0 Å². The van der Waals surface area contributed by atoms with Gasteiger partial charge < -0.3 is 14.2 Å². The summed E-state index contributed by atoms with van der Waals surface area (Å²) < 4.78 is 15.6. The predicted octanol–water partition coefficient (Wildman–Crippen LogP) is 2.63. The summed E-state index contributed by atoms with van der Waals surface area (Å²) in [5.74, 6) is -0.0128. The van der Waals surface area contributed by atoms with Crippen LogP contribution in [-0.4, -0.2) is 60.4 Å². The standard InChI is InChI=1S/C19H26N2O6/c1-19(2,3)27-18(24)21-11-5-6-16(22)20(21)12-13-26-15-9-7-14(8-10-15)17(23)25-4/h7-10H,5-6,11-13H2,1-4H3. The normalized spacial score (nSPS) is 14.7. The summed E-state index contributed by atoms with van der Waals surface area (Å²) in [6, 6.07) is 6.49. The fourth-order valence-electron chi connectivity index (χ4n) is 2.57. The van der Waals surface area contributed by atoms with Crippen molar-refractivity contribution in [2.75, 3.05) is 26.8 Å². The summed E-state index contributed by atoms with van der Waals surface area (Å²) in [7, 11) is 1.32. The first kappa shape index (κ1) is 20.5. The van der Waals surface area contributed by atoms with Gasteiger partial charge in [0.15, 0.2) is 0 Å². The number of hydrogen-bond donors (Lipinski definition) is 0. The number of amides is 2. The second-order valence-electron chi connectivity index (χ2n) is 7.09. The van der Waals surface area contributed by atoms with E-state index in [4.69, 9.17) is 9.47 Å². The maximum Gasteiger partial charge on any atom is 0.429 e. The third-order valence-corrected chi connectivity index (χ3v) is 3.79. The number of hydrogen-bond acceptors (Lipinski definition) is 6. The van der Waals surface area contributed by atoms with Crippen LogP contribution >= 0.6 is 0 Å². The Morgan fingerprint density at radius 1 is 1.15 bits per heavy atom. The molecule has 1 aromatic rings. The Bertz CT molecular complexity index is 680. The Morgan fingerprint density at radius 3 is 2.41 bits per heavy atom. The number of benzene rings is 1. The van der Waals surface area contributed by atoms with Gasteiger partial charge in [0.25, 0.3) is 0 Å². The molecule has 8 nitrogen and oxygen atoms in total. The second-order valence-corrected chi connectivity index (χ2v) is 7.09. The van der Waals surface area contributed by atoms with E-state index in [0.29, 0.717) is 30.7 Å². The summed E-state index contributed by atoms with van der Waals surface area (Å²) in [4.78, 5) is 36.0. The zero-order valence-electron chi connectivity index (χ0n) is 16.2. The lowest BCUT2D eigenvalue weighted by molar-refractivity contribution is -0.154. The number of rotatable bonds is 5. The van der Waals surface area contributed by atoms with Crippen molar-refractivity contribution >= 4 is 18.0 Å². The SMILES string of the molecule is COC(=O)c1ccc(OCCN2C(=O)CCCN2C(=O)OC(C)(C)C)cc1. The quantitative estimate of drug-likeness (QED) is 0.732. The van der Waals surface area contributed by atoms with Crippen LogP contribution in [0.5, 0.6) is 5.75 Å². The maximum atomic E-state index is 12.4. The highest BCUT2D eigenvalue weighted by Crippen LogP contribution is 2.18. The Hall–Kier alpha value is -2.77. The van der Waals surface area contributed by atoms with Crippen LogP contribution in [0, 0.1) is 0 Å². The lowest BCUT2D eigenvalue weighted by Crippen LogP contribution is -2.55. The molecule has 1 fully saturated rings. The number of nitrogens with zero attached hydrogens (tertiary/aromatic N) is 2. The van der Waals surface area contributed by atoms with E-state index >= 15 is 0 Å². The molecule has 1 aliphatic rings. The monoisotopic (exact) mass is 378 g/mol. The molecule has 0 aromatic heterocycles. The number of methoxy groups -OCH3 is 1. The van der Waals surface area contributed by atoms with Gasteiger partial charge in [-0.25, -0.2) is 19.6 Å². The van der Waals surface area contributed by atoms with Crippen LogP contribution in [0.2, 0.25) is 0 Å². The molecule has 0 saturated carbocycles. The first-order chi connectivity index (χ1) is 12.7. The van der Waals surface area contributed by atoms with E-state index in [1.165, 1.54) is 17.1 Å². The van der Waals surface area contributed by atoms with Gasteiger partial charge in [-0.3, -0.25) is 4.79 Å². The molecule has 0 aliphatic carbocycles. The van der Waals surface area contributed by atoms with E-state index in [1.807, 2.05) is 0 Å². The molecule has 27 heavy (non-hydrogen) atoms. The molecule has 0 N–H and O–H groups in total. The lowest BCUT2D eigenvalue weighted by atomic mass is 10.2. The molecule has 0 unspecified atom stereocenters. The van der Waals surface area contributed by atoms with Gasteiger partial charge in [-0.2, -0.15) is 0 Å². The van der Waals surface area contributed by atoms with Gasteiger partial charge in [0.1, 0.15) is 18.0 Å².